The van der Waals surface area contributed by atoms with Crippen molar-refractivity contribution in [3.63, 3.8) is 0 Å². The van der Waals surface area contributed by atoms with Gasteiger partial charge in [0.15, 0.2) is 18.2 Å². The third-order valence-corrected chi connectivity index (χ3v) is 3.95. The Morgan fingerprint density at radius 1 is 1.38 bits per heavy atom. The first-order valence-corrected chi connectivity index (χ1v) is 8.14. The lowest BCUT2D eigenvalue weighted by Gasteiger charge is -2.22. The first-order valence-electron chi connectivity index (χ1n) is 8.14. The van der Waals surface area contributed by atoms with Crippen LogP contribution in [0.3, 0.4) is 0 Å². The number of likely N-dealkylation sites (tertiary alicyclic amines) is 1. The molecule has 0 unspecified atom stereocenters. The predicted octanol–water partition coefficient (Wildman–Crippen LogP) is 0.461. The Bertz CT molecular complexity index is 792. The highest BCUT2D eigenvalue weighted by molar-refractivity contribution is 5.94. The number of furan rings is 1. The van der Waals surface area contributed by atoms with E-state index in [-0.39, 0.29) is 30.0 Å². The molecule has 3 rings (SSSR count). The first kappa shape index (κ1) is 17.6. The van der Waals surface area contributed by atoms with E-state index in [9.17, 15) is 9.59 Å². The van der Waals surface area contributed by atoms with Crippen LogP contribution in [0.2, 0.25) is 0 Å². The number of rotatable bonds is 5. The summed E-state index contributed by atoms with van der Waals surface area (Å²) < 4.78 is 10.4. The van der Waals surface area contributed by atoms with Gasteiger partial charge in [0.2, 0.25) is 11.9 Å². The van der Waals surface area contributed by atoms with Gasteiger partial charge in [0.1, 0.15) is 6.04 Å². The molecule has 0 aromatic carbocycles. The molecule has 26 heavy (non-hydrogen) atoms. The number of carbonyl (C=O) groups excluding carboxylic acids is 2. The van der Waals surface area contributed by atoms with E-state index >= 15 is 0 Å². The maximum atomic E-state index is 12.4. The number of amides is 1. The third kappa shape index (κ3) is 3.73. The van der Waals surface area contributed by atoms with Gasteiger partial charge in [-0.25, -0.2) is 4.79 Å². The average Bonchev–Trinajstić information content (AvgIpc) is 3.30. The predicted molar refractivity (Wildman–Crippen MR) is 91.1 cm³/mol. The van der Waals surface area contributed by atoms with Crippen molar-refractivity contribution < 1.29 is 18.7 Å². The molecular weight excluding hydrogens is 340 g/mol. The minimum absolute atomic E-state index is 0.0465. The highest BCUT2D eigenvalue weighted by atomic mass is 16.5. The van der Waals surface area contributed by atoms with Gasteiger partial charge in [0.25, 0.3) is 5.91 Å². The Balaban J connectivity index is 1.65. The van der Waals surface area contributed by atoms with Crippen molar-refractivity contribution in [1.29, 1.82) is 0 Å². The summed E-state index contributed by atoms with van der Waals surface area (Å²) in [6.07, 6.45) is 2.67. The Morgan fingerprint density at radius 3 is 2.88 bits per heavy atom. The van der Waals surface area contributed by atoms with Crippen molar-refractivity contribution in [2.75, 3.05) is 31.3 Å². The summed E-state index contributed by atoms with van der Waals surface area (Å²) in [6, 6.07) is 2.55. The zero-order valence-electron chi connectivity index (χ0n) is 14.6. The highest BCUT2D eigenvalue weighted by Gasteiger charge is 2.36. The zero-order chi connectivity index (χ0) is 18.7. The fraction of sp³-hybridized carbons (Fsp3) is 0.438. The molecule has 2 N–H and O–H groups in total. The summed E-state index contributed by atoms with van der Waals surface area (Å²) in [5, 5.41) is 0. The van der Waals surface area contributed by atoms with E-state index in [1.165, 1.54) is 11.2 Å². The Labute approximate surface area is 150 Å². The monoisotopic (exact) mass is 360 g/mol. The summed E-state index contributed by atoms with van der Waals surface area (Å²) in [7, 11) is 3.53. The number of ether oxygens (including phenoxy) is 1. The highest BCUT2D eigenvalue weighted by Crippen LogP contribution is 2.22. The van der Waals surface area contributed by atoms with Crippen LogP contribution in [0.1, 0.15) is 29.2 Å². The number of nitrogen functional groups attached to an aromatic ring is 1. The van der Waals surface area contributed by atoms with Crippen LogP contribution >= 0.6 is 0 Å². The van der Waals surface area contributed by atoms with Gasteiger partial charge in [0.05, 0.1) is 6.26 Å². The lowest BCUT2D eigenvalue weighted by atomic mass is 10.2. The molecule has 10 heteroatoms. The summed E-state index contributed by atoms with van der Waals surface area (Å²) >= 11 is 0. The minimum atomic E-state index is -0.653. The molecule has 138 valence electrons. The minimum Gasteiger partial charge on any atom is -0.459 e. The molecule has 1 atom stereocenters. The number of hydrogen-bond acceptors (Lipinski definition) is 9. The Kier molecular flexibility index (Phi) is 5.01. The lowest BCUT2D eigenvalue weighted by molar-refractivity contribution is -0.149. The molecule has 0 aliphatic carbocycles. The molecule has 10 nitrogen and oxygen atoms in total. The van der Waals surface area contributed by atoms with Crippen molar-refractivity contribution in [3.8, 4) is 0 Å². The maximum absolute atomic E-state index is 12.4. The molecule has 0 radical (unpaired) electrons. The van der Waals surface area contributed by atoms with E-state index < -0.39 is 12.0 Å². The van der Waals surface area contributed by atoms with Crippen LogP contribution in [0.5, 0.6) is 0 Å². The fourth-order valence-electron chi connectivity index (χ4n) is 2.72. The Hall–Kier alpha value is -3.17. The largest absolute Gasteiger partial charge is 0.459 e. The molecule has 0 bridgehead atoms. The van der Waals surface area contributed by atoms with Gasteiger partial charge in [-0.2, -0.15) is 15.0 Å². The molecular formula is C16H20N6O4. The number of esters is 1. The van der Waals surface area contributed by atoms with Crippen LogP contribution < -0.4 is 10.6 Å². The van der Waals surface area contributed by atoms with E-state index in [1.807, 2.05) is 0 Å². The molecule has 1 amide bonds. The van der Waals surface area contributed by atoms with Crippen molar-refractivity contribution >= 4 is 23.8 Å². The van der Waals surface area contributed by atoms with Crippen molar-refractivity contribution in [2.45, 2.75) is 25.5 Å². The summed E-state index contributed by atoms with van der Waals surface area (Å²) in [5.74, 6) is 0.0350. The number of aromatic nitrogens is 3. The van der Waals surface area contributed by atoms with E-state index in [1.54, 1.807) is 31.1 Å². The second-order valence-electron chi connectivity index (χ2n) is 6.05. The quantitative estimate of drug-likeness (QED) is 0.756. The van der Waals surface area contributed by atoms with Gasteiger partial charge >= 0.3 is 5.97 Å². The molecule has 3 heterocycles. The van der Waals surface area contributed by atoms with Gasteiger partial charge in [0, 0.05) is 20.6 Å². The molecule has 2 aromatic heterocycles. The molecule has 2 aromatic rings. The van der Waals surface area contributed by atoms with Crippen molar-refractivity contribution in [1.82, 2.24) is 19.9 Å². The van der Waals surface area contributed by atoms with E-state index in [4.69, 9.17) is 14.9 Å². The van der Waals surface area contributed by atoms with Crippen LogP contribution in [0.15, 0.2) is 22.8 Å². The standard InChI is InChI=1S/C16H20N6O4/c1-21(2)16-19-12(18-15(17)20-16)9-26-14(24)10-5-3-7-22(10)13(23)11-6-4-8-25-11/h4,6,8,10H,3,5,7,9H2,1-2H3,(H2,17,18,19,20)/t10-/m0/s1. The number of hydrogen-bond donors (Lipinski definition) is 1. The van der Waals surface area contributed by atoms with Crippen LogP contribution in [-0.4, -0.2) is 58.4 Å². The summed E-state index contributed by atoms with van der Waals surface area (Å²) in [4.78, 5) is 40.1. The SMILES string of the molecule is CN(C)c1nc(N)nc(COC(=O)[C@@H]2CCCN2C(=O)c2ccco2)n1. The number of anilines is 2. The number of carbonyl (C=O) groups is 2. The molecule has 0 spiro atoms. The molecule has 1 fully saturated rings. The topological polar surface area (TPSA) is 128 Å². The van der Waals surface area contributed by atoms with E-state index in [2.05, 4.69) is 15.0 Å². The smallest absolute Gasteiger partial charge is 0.329 e. The second kappa shape index (κ2) is 7.38. The fourth-order valence-corrected chi connectivity index (χ4v) is 2.72. The van der Waals surface area contributed by atoms with Crippen molar-refractivity contribution in [2.24, 2.45) is 0 Å². The van der Waals surface area contributed by atoms with Crippen LogP contribution in [-0.2, 0) is 16.1 Å². The third-order valence-electron chi connectivity index (χ3n) is 3.95. The first-order chi connectivity index (χ1) is 12.5. The maximum Gasteiger partial charge on any atom is 0.329 e. The Morgan fingerprint density at radius 2 is 2.19 bits per heavy atom. The summed E-state index contributed by atoms with van der Waals surface area (Å²) in [6.45, 7) is 0.328. The second-order valence-corrected chi connectivity index (χ2v) is 6.05. The van der Waals surface area contributed by atoms with Crippen LogP contribution in [0.25, 0.3) is 0 Å². The molecule has 1 aliphatic heterocycles. The van der Waals surface area contributed by atoms with Gasteiger partial charge in [-0.05, 0) is 25.0 Å². The number of nitrogens with zero attached hydrogens (tertiary/aromatic N) is 5. The van der Waals surface area contributed by atoms with Crippen LogP contribution in [0, 0.1) is 0 Å². The van der Waals surface area contributed by atoms with Gasteiger partial charge in [-0.3, -0.25) is 4.79 Å². The van der Waals surface area contributed by atoms with Crippen LogP contribution in [0.4, 0.5) is 11.9 Å². The number of nitrogens with two attached hydrogens (primary N) is 1. The van der Waals surface area contributed by atoms with Gasteiger partial charge in [-0.15, -0.1) is 0 Å². The normalized spacial score (nSPS) is 16.5. The van der Waals surface area contributed by atoms with E-state index in [0.29, 0.717) is 18.9 Å². The molecule has 1 saturated heterocycles. The summed E-state index contributed by atoms with van der Waals surface area (Å²) in [5.41, 5.74) is 5.65. The lowest BCUT2D eigenvalue weighted by Crippen LogP contribution is -2.41. The van der Waals surface area contributed by atoms with Gasteiger partial charge < -0.3 is 24.7 Å². The molecule has 1 aliphatic rings. The molecule has 0 saturated carbocycles. The van der Waals surface area contributed by atoms with E-state index in [0.717, 1.165) is 6.42 Å². The zero-order valence-corrected chi connectivity index (χ0v) is 14.6. The van der Waals surface area contributed by atoms with Gasteiger partial charge in [-0.1, -0.05) is 0 Å². The average molecular weight is 360 g/mol. The van der Waals surface area contributed by atoms with Crippen molar-refractivity contribution in [3.05, 3.63) is 30.0 Å².